The zero-order valence-electron chi connectivity index (χ0n) is 11.6. The molecule has 0 atom stereocenters. The topological polar surface area (TPSA) is 105 Å². The summed E-state index contributed by atoms with van der Waals surface area (Å²) in [6, 6.07) is 1.13. The van der Waals surface area contributed by atoms with E-state index in [1.807, 2.05) is 6.92 Å². The van der Waals surface area contributed by atoms with E-state index < -0.39 is 16.5 Å². The number of nitro groups is 1. The third-order valence-corrected chi connectivity index (χ3v) is 2.88. The van der Waals surface area contributed by atoms with E-state index in [9.17, 15) is 19.7 Å². The van der Waals surface area contributed by atoms with Crippen LogP contribution in [-0.2, 0) is 4.79 Å². The highest BCUT2D eigenvalue weighted by atomic mass is 35.5. The maximum atomic E-state index is 12.4. The summed E-state index contributed by atoms with van der Waals surface area (Å²) in [4.78, 5) is 39.0. The molecule has 9 heteroatoms. The molecule has 0 aromatic carbocycles. The molecule has 0 saturated carbocycles. The summed E-state index contributed by atoms with van der Waals surface area (Å²) in [5.74, 6) is -0.990. The molecule has 1 aromatic heterocycles. The average molecular weight is 315 g/mol. The lowest BCUT2D eigenvalue weighted by Crippen LogP contribution is -2.40. The number of rotatable bonds is 6. The lowest BCUT2D eigenvalue weighted by molar-refractivity contribution is -0.385. The number of carbonyl (C=O) groups excluding carboxylic acids is 2. The van der Waals surface area contributed by atoms with Crippen LogP contribution in [0.15, 0.2) is 12.3 Å². The molecule has 1 rings (SSSR count). The van der Waals surface area contributed by atoms with Crippen molar-refractivity contribution in [3.63, 3.8) is 0 Å². The number of halogens is 1. The van der Waals surface area contributed by atoms with Crippen LogP contribution >= 0.6 is 11.6 Å². The zero-order chi connectivity index (χ0) is 16.0. The van der Waals surface area contributed by atoms with Gasteiger partial charge in [0.2, 0.25) is 5.91 Å². The Morgan fingerprint density at radius 3 is 2.71 bits per heavy atom. The van der Waals surface area contributed by atoms with Gasteiger partial charge in [0.05, 0.1) is 11.5 Å². The fourth-order valence-corrected chi connectivity index (χ4v) is 1.84. The number of aromatic nitrogens is 1. The lowest BCUT2D eigenvalue weighted by atomic mass is 10.2. The molecule has 0 saturated heterocycles. The van der Waals surface area contributed by atoms with Gasteiger partial charge in [0.25, 0.3) is 11.6 Å². The minimum absolute atomic E-state index is 0.0275. The van der Waals surface area contributed by atoms with Gasteiger partial charge in [0.15, 0.2) is 0 Å². The van der Waals surface area contributed by atoms with E-state index in [4.69, 9.17) is 11.6 Å². The van der Waals surface area contributed by atoms with Crippen LogP contribution in [0.2, 0.25) is 5.15 Å². The van der Waals surface area contributed by atoms with E-state index >= 15 is 0 Å². The second kappa shape index (κ2) is 7.53. The smallest absolute Gasteiger partial charge is 0.300 e. The minimum atomic E-state index is -0.708. The maximum absolute atomic E-state index is 12.4. The predicted octanol–water partition coefficient (Wildman–Crippen LogP) is 1.24. The van der Waals surface area contributed by atoms with E-state index in [1.165, 1.54) is 11.9 Å². The molecular formula is C12H15ClN4O4. The van der Waals surface area contributed by atoms with Gasteiger partial charge in [-0.3, -0.25) is 19.7 Å². The number of hydrogen-bond donors (Lipinski definition) is 1. The molecule has 0 aliphatic carbocycles. The molecule has 0 aliphatic heterocycles. The normalized spacial score (nSPS) is 10.0. The van der Waals surface area contributed by atoms with Gasteiger partial charge in [-0.1, -0.05) is 18.5 Å². The van der Waals surface area contributed by atoms with Gasteiger partial charge < -0.3 is 10.2 Å². The van der Waals surface area contributed by atoms with Crippen molar-refractivity contribution in [2.75, 3.05) is 20.1 Å². The molecule has 1 N–H and O–H groups in total. The first kappa shape index (κ1) is 16.8. The van der Waals surface area contributed by atoms with Crippen LogP contribution in [0.5, 0.6) is 0 Å². The van der Waals surface area contributed by atoms with Crippen LogP contribution in [0.4, 0.5) is 5.69 Å². The Balaban J connectivity index is 3.16. The summed E-state index contributed by atoms with van der Waals surface area (Å²) < 4.78 is 0. The fourth-order valence-electron chi connectivity index (χ4n) is 1.68. The van der Waals surface area contributed by atoms with Crippen LogP contribution in [0, 0.1) is 10.1 Å². The van der Waals surface area contributed by atoms with E-state index in [0.717, 1.165) is 12.3 Å². The summed E-state index contributed by atoms with van der Waals surface area (Å²) in [5.41, 5.74) is -0.625. The lowest BCUT2D eigenvalue weighted by Gasteiger charge is -2.21. The van der Waals surface area contributed by atoms with Crippen molar-refractivity contribution < 1.29 is 14.5 Å². The minimum Gasteiger partial charge on any atom is -0.358 e. The molecule has 0 spiro atoms. The average Bonchev–Trinajstić information content (AvgIpc) is 2.45. The van der Waals surface area contributed by atoms with E-state index in [1.54, 1.807) is 0 Å². The number of nitrogens with one attached hydrogen (secondary N) is 1. The number of likely N-dealkylation sites (N-methyl/N-ethyl adjacent to an activating group) is 1. The van der Waals surface area contributed by atoms with Crippen LogP contribution in [0.3, 0.4) is 0 Å². The summed E-state index contributed by atoms with van der Waals surface area (Å²) >= 11 is 5.70. The SMILES string of the molecule is CCCN(CC(=O)NC)C(=O)c1cc(Cl)ncc1[N+](=O)[O-]. The largest absolute Gasteiger partial charge is 0.358 e. The molecule has 8 nitrogen and oxygen atoms in total. The quantitative estimate of drug-likeness (QED) is 0.483. The molecule has 0 unspecified atom stereocenters. The number of nitrogens with zero attached hydrogens (tertiary/aromatic N) is 3. The first-order chi connectivity index (χ1) is 9.90. The first-order valence-electron chi connectivity index (χ1n) is 6.20. The third kappa shape index (κ3) is 4.38. The van der Waals surface area contributed by atoms with Crippen molar-refractivity contribution in [3.05, 3.63) is 33.1 Å². The van der Waals surface area contributed by atoms with Gasteiger partial charge in [-0.25, -0.2) is 4.98 Å². The third-order valence-electron chi connectivity index (χ3n) is 2.67. The van der Waals surface area contributed by atoms with Crippen LogP contribution in [-0.4, -0.2) is 46.8 Å². The molecule has 0 radical (unpaired) electrons. The molecule has 2 amide bonds. The van der Waals surface area contributed by atoms with Crippen molar-refractivity contribution >= 4 is 29.1 Å². The van der Waals surface area contributed by atoms with Gasteiger partial charge >= 0.3 is 0 Å². The Labute approximate surface area is 126 Å². The first-order valence-corrected chi connectivity index (χ1v) is 6.58. The van der Waals surface area contributed by atoms with Crippen LogP contribution in [0.1, 0.15) is 23.7 Å². The van der Waals surface area contributed by atoms with Crippen LogP contribution < -0.4 is 5.32 Å². The molecular weight excluding hydrogens is 300 g/mol. The van der Waals surface area contributed by atoms with E-state index in [2.05, 4.69) is 10.3 Å². The van der Waals surface area contributed by atoms with Gasteiger partial charge in [0.1, 0.15) is 16.9 Å². The van der Waals surface area contributed by atoms with Crippen molar-refractivity contribution in [3.8, 4) is 0 Å². The maximum Gasteiger partial charge on any atom is 0.300 e. The number of hydrogen-bond acceptors (Lipinski definition) is 5. The van der Waals surface area contributed by atoms with Gasteiger partial charge in [-0.2, -0.15) is 0 Å². The summed E-state index contributed by atoms with van der Waals surface area (Å²) in [6.45, 7) is 1.95. The summed E-state index contributed by atoms with van der Waals surface area (Å²) in [6.07, 6.45) is 1.54. The highest BCUT2D eigenvalue weighted by Crippen LogP contribution is 2.22. The molecule has 0 bridgehead atoms. The number of amides is 2. The highest BCUT2D eigenvalue weighted by molar-refractivity contribution is 6.29. The Bertz CT molecular complexity index is 564. The Kier molecular flexibility index (Phi) is 6.04. The Morgan fingerprint density at radius 1 is 1.52 bits per heavy atom. The van der Waals surface area contributed by atoms with Gasteiger partial charge in [-0.15, -0.1) is 0 Å². The van der Waals surface area contributed by atoms with Crippen LogP contribution in [0.25, 0.3) is 0 Å². The van der Waals surface area contributed by atoms with Crippen molar-refractivity contribution in [1.82, 2.24) is 15.2 Å². The van der Waals surface area contributed by atoms with E-state index in [-0.39, 0.29) is 23.2 Å². The predicted molar refractivity (Wildman–Crippen MR) is 76.2 cm³/mol. The van der Waals surface area contributed by atoms with Crippen molar-refractivity contribution in [2.45, 2.75) is 13.3 Å². The van der Waals surface area contributed by atoms with Gasteiger partial charge in [0, 0.05) is 13.6 Å². The molecule has 21 heavy (non-hydrogen) atoms. The Hall–Kier alpha value is -2.22. The highest BCUT2D eigenvalue weighted by Gasteiger charge is 2.26. The van der Waals surface area contributed by atoms with E-state index in [0.29, 0.717) is 13.0 Å². The summed E-state index contributed by atoms with van der Waals surface area (Å²) in [7, 11) is 1.45. The number of pyridine rings is 1. The molecule has 114 valence electrons. The molecule has 0 aliphatic rings. The van der Waals surface area contributed by atoms with Crippen molar-refractivity contribution in [2.24, 2.45) is 0 Å². The zero-order valence-corrected chi connectivity index (χ0v) is 12.4. The second-order valence-electron chi connectivity index (χ2n) is 4.18. The standard InChI is InChI=1S/C12H15ClN4O4/c1-3-4-16(7-11(18)14-2)12(19)8-5-10(13)15-6-9(8)17(20)21/h5-6H,3-4,7H2,1-2H3,(H,14,18). The Morgan fingerprint density at radius 2 is 2.19 bits per heavy atom. The fraction of sp³-hybridized carbons (Fsp3) is 0.417. The molecule has 1 heterocycles. The number of carbonyl (C=O) groups is 2. The van der Waals surface area contributed by atoms with Crippen molar-refractivity contribution in [1.29, 1.82) is 0 Å². The monoisotopic (exact) mass is 314 g/mol. The second-order valence-corrected chi connectivity index (χ2v) is 4.57. The van der Waals surface area contributed by atoms with Gasteiger partial charge in [-0.05, 0) is 12.5 Å². The molecule has 1 aromatic rings. The summed E-state index contributed by atoms with van der Waals surface area (Å²) in [5, 5.41) is 13.3. The molecule has 0 fully saturated rings.